The molecular formula is C11H12FNO2. The number of rotatable bonds is 3. The van der Waals surface area contributed by atoms with Gasteiger partial charge in [-0.2, -0.15) is 0 Å². The smallest absolute Gasteiger partial charge is 0.315 e. The van der Waals surface area contributed by atoms with Gasteiger partial charge in [0.15, 0.2) is 0 Å². The van der Waals surface area contributed by atoms with E-state index in [1.807, 2.05) is 0 Å². The van der Waals surface area contributed by atoms with Crippen LogP contribution in [0.4, 0.5) is 4.39 Å². The van der Waals surface area contributed by atoms with Gasteiger partial charge < -0.3 is 4.74 Å². The van der Waals surface area contributed by atoms with Gasteiger partial charge >= 0.3 is 5.97 Å². The molecule has 0 saturated heterocycles. The summed E-state index contributed by atoms with van der Waals surface area (Å²) in [5.41, 5.74) is 0.215. The van der Waals surface area contributed by atoms with Crippen molar-refractivity contribution in [2.24, 2.45) is 5.92 Å². The van der Waals surface area contributed by atoms with E-state index < -0.39 is 17.7 Å². The number of aromatic nitrogens is 1. The van der Waals surface area contributed by atoms with Crippen molar-refractivity contribution < 1.29 is 13.9 Å². The van der Waals surface area contributed by atoms with Gasteiger partial charge in [0.2, 0.25) is 0 Å². The first-order valence-electron chi connectivity index (χ1n) is 4.92. The molecule has 1 aliphatic carbocycles. The van der Waals surface area contributed by atoms with Crippen molar-refractivity contribution in [3.63, 3.8) is 0 Å². The molecule has 15 heavy (non-hydrogen) atoms. The SMILES string of the molecule is COC(=O)C(c1ncccc1F)C1CC1. The molecular weight excluding hydrogens is 197 g/mol. The number of pyridine rings is 1. The predicted octanol–water partition coefficient (Wildman–Crippen LogP) is 1.89. The third-order valence-corrected chi connectivity index (χ3v) is 2.63. The molecule has 0 amide bonds. The molecule has 1 heterocycles. The highest BCUT2D eigenvalue weighted by Gasteiger charge is 2.40. The molecule has 1 atom stereocenters. The van der Waals surface area contributed by atoms with Gasteiger partial charge in [0.1, 0.15) is 11.7 Å². The summed E-state index contributed by atoms with van der Waals surface area (Å²) < 4.78 is 18.1. The number of methoxy groups -OCH3 is 1. The minimum atomic E-state index is -0.531. The highest BCUT2D eigenvalue weighted by molar-refractivity contribution is 5.78. The van der Waals surface area contributed by atoms with Crippen molar-refractivity contribution in [2.75, 3.05) is 7.11 Å². The zero-order chi connectivity index (χ0) is 10.8. The molecule has 0 radical (unpaired) electrons. The van der Waals surface area contributed by atoms with Gasteiger partial charge in [-0.15, -0.1) is 0 Å². The Morgan fingerprint density at radius 2 is 2.40 bits per heavy atom. The van der Waals surface area contributed by atoms with E-state index >= 15 is 0 Å². The summed E-state index contributed by atoms with van der Waals surface area (Å²) >= 11 is 0. The number of halogens is 1. The largest absolute Gasteiger partial charge is 0.468 e. The van der Waals surface area contributed by atoms with Gasteiger partial charge in [-0.1, -0.05) is 0 Å². The molecule has 80 valence electrons. The molecule has 1 aromatic rings. The molecule has 1 saturated carbocycles. The van der Waals surface area contributed by atoms with E-state index in [0.717, 1.165) is 12.8 Å². The van der Waals surface area contributed by atoms with Crippen LogP contribution in [0.25, 0.3) is 0 Å². The molecule has 0 aliphatic heterocycles. The maximum Gasteiger partial charge on any atom is 0.315 e. The molecule has 0 N–H and O–H groups in total. The fraction of sp³-hybridized carbons (Fsp3) is 0.455. The Hall–Kier alpha value is -1.45. The van der Waals surface area contributed by atoms with E-state index in [0.29, 0.717) is 0 Å². The summed E-state index contributed by atoms with van der Waals surface area (Å²) in [5, 5.41) is 0. The quantitative estimate of drug-likeness (QED) is 0.713. The molecule has 0 aromatic carbocycles. The molecule has 4 heteroatoms. The number of hydrogen-bond acceptors (Lipinski definition) is 3. The molecule has 1 fully saturated rings. The lowest BCUT2D eigenvalue weighted by Gasteiger charge is -2.13. The maximum absolute atomic E-state index is 13.5. The number of esters is 1. The lowest BCUT2D eigenvalue weighted by Crippen LogP contribution is -2.18. The summed E-state index contributed by atoms with van der Waals surface area (Å²) in [4.78, 5) is 15.5. The number of ether oxygens (including phenoxy) is 1. The van der Waals surface area contributed by atoms with Gasteiger partial charge in [-0.3, -0.25) is 9.78 Å². The third kappa shape index (κ3) is 1.98. The summed E-state index contributed by atoms with van der Waals surface area (Å²) in [6, 6.07) is 2.83. The summed E-state index contributed by atoms with van der Waals surface area (Å²) in [6.45, 7) is 0. The molecule has 3 nitrogen and oxygen atoms in total. The molecule has 1 aromatic heterocycles. The average molecular weight is 209 g/mol. The van der Waals surface area contributed by atoms with E-state index in [4.69, 9.17) is 0 Å². The van der Waals surface area contributed by atoms with Crippen LogP contribution in [0.15, 0.2) is 18.3 Å². The summed E-state index contributed by atoms with van der Waals surface area (Å²) in [7, 11) is 1.32. The first kappa shape index (κ1) is 10.1. The summed E-state index contributed by atoms with van der Waals surface area (Å²) in [5.74, 6) is -1.16. The second-order valence-electron chi connectivity index (χ2n) is 3.71. The maximum atomic E-state index is 13.5. The Kier molecular flexibility index (Phi) is 2.66. The van der Waals surface area contributed by atoms with Crippen molar-refractivity contribution in [1.29, 1.82) is 0 Å². The summed E-state index contributed by atoms with van der Waals surface area (Å²) in [6.07, 6.45) is 3.38. The number of nitrogens with zero attached hydrogens (tertiary/aromatic N) is 1. The Labute approximate surface area is 87.3 Å². The van der Waals surface area contributed by atoms with Crippen molar-refractivity contribution >= 4 is 5.97 Å². The predicted molar refractivity (Wildman–Crippen MR) is 51.7 cm³/mol. The minimum Gasteiger partial charge on any atom is -0.468 e. The fourth-order valence-corrected chi connectivity index (χ4v) is 1.71. The Morgan fingerprint density at radius 3 is 2.93 bits per heavy atom. The molecule has 2 rings (SSSR count). The number of carbonyl (C=O) groups is 1. The van der Waals surface area contributed by atoms with E-state index in [2.05, 4.69) is 9.72 Å². The van der Waals surface area contributed by atoms with Crippen molar-refractivity contribution in [1.82, 2.24) is 4.98 Å². The first-order valence-corrected chi connectivity index (χ1v) is 4.92. The van der Waals surface area contributed by atoms with Crippen molar-refractivity contribution in [3.8, 4) is 0 Å². The van der Waals surface area contributed by atoms with Crippen LogP contribution in [0.2, 0.25) is 0 Å². The minimum absolute atomic E-state index is 0.196. The van der Waals surface area contributed by atoms with Crippen LogP contribution in [-0.4, -0.2) is 18.1 Å². The van der Waals surface area contributed by atoms with Gasteiger partial charge in [0, 0.05) is 6.20 Å². The van der Waals surface area contributed by atoms with Crippen molar-refractivity contribution in [2.45, 2.75) is 18.8 Å². The lowest BCUT2D eigenvalue weighted by atomic mass is 9.99. The Morgan fingerprint density at radius 1 is 1.67 bits per heavy atom. The zero-order valence-corrected chi connectivity index (χ0v) is 8.44. The van der Waals surface area contributed by atoms with Crippen LogP contribution in [0.5, 0.6) is 0 Å². The second kappa shape index (κ2) is 3.96. The lowest BCUT2D eigenvalue weighted by molar-refractivity contribution is -0.143. The van der Waals surface area contributed by atoms with Gasteiger partial charge in [-0.25, -0.2) is 4.39 Å². The zero-order valence-electron chi connectivity index (χ0n) is 8.44. The van der Waals surface area contributed by atoms with Gasteiger partial charge in [-0.05, 0) is 30.9 Å². The fourth-order valence-electron chi connectivity index (χ4n) is 1.71. The topological polar surface area (TPSA) is 39.2 Å². The highest BCUT2D eigenvalue weighted by atomic mass is 19.1. The van der Waals surface area contributed by atoms with E-state index in [-0.39, 0.29) is 11.6 Å². The molecule has 0 bridgehead atoms. The van der Waals surface area contributed by atoms with E-state index in [1.54, 1.807) is 0 Å². The normalized spacial score (nSPS) is 17.2. The Bertz CT molecular complexity index is 377. The van der Waals surface area contributed by atoms with Gasteiger partial charge in [0.25, 0.3) is 0 Å². The third-order valence-electron chi connectivity index (χ3n) is 2.63. The monoisotopic (exact) mass is 209 g/mol. The van der Waals surface area contributed by atoms with Crippen LogP contribution in [0.3, 0.4) is 0 Å². The molecule has 1 aliphatic rings. The average Bonchev–Trinajstić information content (AvgIpc) is 3.05. The number of carbonyl (C=O) groups excluding carboxylic acids is 1. The Balaban J connectivity index is 2.32. The first-order chi connectivity index (χ1) is 7.24. The molecule has 1 unspecified atom stereocenters. The van der Waals surface area contributed by atoms with Crippen LogP contribution >= 0.6 is 0 Å². The van der Waals surface area contributed by atoms with Crippen LogP contribution in [0.1, 0.15) is 24.5 Å². The van der Waals surface area contributed by atoms with Crippen molar-refractivity contribution in [3.05, 3.63) is 29.8 Å². The highest BCUT2D eigenvalue weighted by Crippen LogP contribution is 2.43. The van der Waals surface area contributed by atoms with Crippen LogP contribution in [-0.2, 0) is 9.53 Å². The van der Waals surface area contributed by atoms with Crippen LogP contribution < -0.4 is 0 Å². The van der Waals surface area contributed by atoms with Gasteiger partial charge in [0.05, 0.1) is 12.8 Å². The number of hydrogen-bond donors (Lipinski definition) is 0. The second-order valence-corrected chi connectivity index (χ2v) is 3.71. The molecule has 0 spiro atoms. The standard InChI is InChI=1S/C11H12FNO2/c1-15-11(14)9(7-4-5-7)10-8(12)3-2-6-13-10/h2-3,6-7,9H,4-5H2,1H3. The van der Waals surface area contributed by atoms with E-state index in [9.17, 15) is 9.18 Å². The van der Waals surface area contributed by atoms with Crippen LogP contribution in [0, 0.1) is 11.7 Å². The van der Waals surface area contributed by atoms with E-state index in [1.165, 1.54) is 25.4 Å².